The number of nitrogens with zero attached hydrogens (tertiary/aromatic N) is 2. The van der Waals surface area contributed by atoms with Crippen LogP contribution in [-0.2, 0) is 4.79 Å². The Morgan fingerprint density at radius 2 is 2.50 bits per heavy atom. The second-order valence-corrected chi connectivity index (χ2v) is 2.88. The topological polar surface area (TPSA) is 55.1 Å². The quantitative estimate of drug-likeness (QED) is 0.738. The minimum Gasteiger partial charge on any atom is -0.481 e. The minimum absolute atomic E-state index is 0.0730. The van der Waals surface area contributed by atoms with Crippen LogP contribution in [0.25, 0.3) is 0 Å². The molecular weight excluding hydrogens is 156 g/mol. The van der Waals surface area contributed by atoms with E-state index in [1.165, 1.54) is 0 Å². The number of rotatable bonds is 3. The van der Waals surface area contributed by atoms with Gasteiger partial charge in [0.1, 0.15) is 0 Å². The minimum atomic E-state index is -0.796. The highest BCUT2D eigenvalue weighted by molar-refractivity contribution is 5.67. The number of hydrogen-bond donors (Lipinski definition) is 1. The molecule has 1 aromatic rings. The van der Waals surface area contributed by atoms with Crippen molar-refractivity contribution in [1.82, 2.24) is 9.78 Å². The van der Waals surface area contributed by atoms with Gasteiger partial charge >= 0.3 is 5.97 Å². The van der Waals surface area contributed by atoms with Crippen molar-refractivity contribution in [2.24, 2.45) is 0 Å². The molecule has 12 heavy (non-hydrogen) atoms. The summed E-state index contributed by atoms with van der Waals surface area (Å²) >= 11 is 0. The van der Waals surface area contributed by atoms with Gasteiger partial charge in [0.15, 0.2) is 0 Å². The molecule has 0 aliphatic heterocycles. The van der Waals surface area contributed by atoms with Gasteiger partial charge in [-0.15, -0.1) is 0 Å². The number of aliphatic carboxylic acids is 1. The van der Waals surface area contributed by atoms with Crippen LogP contribution in [0, 0.1) is 6.92 Å². The van der Waals surface area contributed by atoms with Crippen LogP contribution < -0.4 is 0 Å². The number of aromatic nitrogens is 2. The van der Waals surface area contributed by atoms with Gasteiger partial charge in [0.2, 0.25) is 0 Å². The molecule has 4 nitrogen and oxygen atoms in total. The lowest BCUT2D eigenvalue weighted by Gasteiger charge is -2.08. The Balaban J connectivity index is 2.64. The van der Waals surface area contributed by atoms with Crippen LogP contribution in [0.1, 0.15) is 25.1 Å². The summed E-state index contributed by atoms with van der Waals surface area (Å²) < 4.78 is 1.67. The highest BCUT2D eigenvalue weighted by atomic mass is 16.4. The smallest absolute Gasteiger partial charge is 0.305 e. The zero-order chi connectivity index (χ0) is 9.14. The third-order valence-electron chi connectivity index (χ3n) is 1.66. The van der Waals surface area contributed by atoms with Gasteiger partial charge in [-0.2, -0.15) is 5.10 Å². The average Bonchev–Trinajstić information content (AvgIpc) is 2.34. The van der Waals surface area contributed by atoms with E-state index < -0.39 is 5.97 Å². The van der Waals surface area contributed by atoms with Gasteiger partial charge < -0.3 is 5.11 Å². The molecule has 1 heterocycles. The molecule has 1 N–H and O–H groups in total. The maximum atomic E-state index is 10.3. The predicted octanol–water partition coefficient (Wildman–Crippen LogP) is 1.23. The van der Waals surface area contributed by atoms with Crippen LogP contribution in [-0.4, -0.2) is 20.9 Å². The average molecular weight is 168 g/mol. The standard InChI is InChI=1S/C8H12N2O2/c1-6-3-4-10(9-6)7(2)5-8(11)12/h3-4,7H,5H2,1-2H3,(H,11,12)/t7-/m1/s1. The van der Waals surface area contributed by atoms with E-state index in [0.29, 0.717) is 0 Å². The zero-order valence-corrected chi connectivity index (χ0v) is 7.19. The summed E-state index contributed by atoms with van der Waals surface area (Å²) in [5, 5.41) is 12.6. The van der Waals surface area contributed by atoms with E-state index in [0.717, 1.165) is 5.69 Å². The lowest BCUT2D eigenvalue weighted by atomic mass is 10.2. The van der Waals surface area contributed by atoms with Crippen LogP contribution in [0.2, 0.25) is 0 Å². The molecule has 0 unspecified atom stereocenters. The third kappa shape index (κ3) is 2.08. The summed E-state index contributed by atoms with van der Waals surface area (Å²) in [6, 6.07) is 1.79. The monoisotopic (exact) mass is 168 g/mol. The summed E-state index contributed by atoms with van der Waals surface area (Å²) in [7, 11) is 0. The predicted molar refractivity (Wildman–Crippen MR) is 43.9 cm³/mol. The normalized spacial score (nSPS) is 12.8. The van der Waals surface area contributed by atoms with Crippen molar-refractivity contribution in [3.05, 3.63) is 18.0 Å². The van der Waals surface area contributed by atoms with E-state index >= 15 is 0 Å². The number of carboxylic acid groups (broad SMARTS) is 1. The fraction of sp³-hybridized carbons (Fsp3) is 0.500. The summed E-state index contributed by atoms with van der Waals surface area (Å²) in [6.45, 7) is 3.71. The number of carboxylic acids is 1. The van der Waals surface area contributed by atoms with Crippen molar-refractivity contribution in [2.75, 3.05) is 0 Å². The first-order chi connectivity index (χ1) is 5.59. The molecular formula is C8H12N2O2. The largest absolute Gasteiger partial charge is 0.481 e. The van der Waals surface area contributed by atoms with Crippen molar-refractivity contribution in [2.45, 2.75) is 26.3 Å². The van der Waals surface area contributed by atoms with Gasteiger partial charge in [-0.05, 0) is 19.9 Å². The maximum absolute atomic E-state index is 10.3. The number of hydrogen-bond acceptors (Lipinski definition) is 2. The lowest BCUT2D eigenvalue weighted by molar-refractivity contribution is -0.137. The van der Waals surface area contributed by atoms with E-state index in [1.54, 1.807) is 10.9 Å². The van der Waals surface area contributed by atoms with E-state index in [2.05, 4.69) is 5.10 Å². The molecule has 0 radical (unpaired) electrons. The number of carbonyl (C=O) groups is 1. The summed E-state index contributed by atoms with van der Waals surface area (Å²) in [6.07, 6.45) is 1.91. The van der Waals surface area contributed by atoms with Gasteiger partial charge in [0, 0.05) is 6.20 Å². The van der Waals surface area contributed by atoms with Gasteiger partial charge in [0.25, 0.3) is 0 Å². The highest BCUT2D eigenvalue weighted by Crippen LogP contribution is 2.09. The number of aryl methyl sites for hydroxylation is 1. The highest BCUT2D eigenvalue weighted by Gasteiger charge is 2.09. The molecule has 0 spiro atoms. The molecule has 0 amide bonds. The van der Waals surface area contributed by atoms with Crippen LogP contribution in [0.15, 0.2) is 12.3 Å². The van der Waals surface area contributed by atoms with Crippen LogP contribution >= 0.6 is 0 Å². The molecule has 1 atom stereocenters. The Morgan fingerprint density at radius 3 is 2.92 bits per heavy atom. The summed E-state index contributed by atoms with van der Waals surface area (Å²) in [5.74, 6) is -0.796. The van der Waals surface area contributed by atoms with Gasteiger partial charge in [-0.25, -0.2) is 0 Å². The van der Waals surface area contributed by atoms with Crippen molar-refractivity contribution in [1.29, 1.82) is 0 Å². The van der Waals surface area contributed by atoms with E-state index in [1.807, 2.05) is 19.9 Å². The van der Waals surface area contributed by atoms with Crippen LogP contribution in [0.5, 0.6) is 0 Å². The molecule has 0 fully saturated rings. The maximum Gasteiger partial charge on any atom is 0.305 e. The van der Waals surface area contributed by atoms with E-state index in [-0.39, 0.29) is 12.5 Å². The molecule has 1 aromatic heterocycles. The third-order valence-corrected chi connectivity index (χ3v) is 1.66. The van der Waals surface area contributed by atoms with E-state index in [9.17, 15) is 4.79 Å². The van der Waals surface area contributed by atoms with Crippen molar-refractivity contribution in [3.8, 4) is 0 Å². The van der Waals surface area contributed by atoms with E-state index in [4.69, 9.17) is 5.11 Å². The molecule has 0 saturated carbocycles. The van der Waals surface area contributed by atoms with Crippen molar-refractivity contribution in [3.63, 3.8) is 0 Å². The Hall–Kier alpha value is -1.32. The van der Waals surface area contributed by atoms with Gasteiger partial charge in [-0.1, -0.05) is 0 Å². The Morgan fingerprint density at radius 1 is 1.83 bits per heavy atom. The van der Waals surface area contributed by atoms with Gasteiger partial charge in [0.05, 0.1) is 18.2 Å². The van der Waals surface area contributed by atoms with Gasteiger partial charge in [-0.3, -0.25) is 9.48 Å². The first kappa shape index (κ1) is 8.77. The molecule has 1 rings (SSSR count). The molecule has 0 aromatic carbocycles. The SMILES string of the molecule is Cc1ccn([C@H](C)CC(=O)O)n1. The first-order valence-electron chi connectivity index (χ1n) is 3.83. The fourth-order valence-electron chi connectivity index (χ4n) is 1.02. The molecule has 0 aliphatic rings. The molecule has 66 valence electrons. The van der Waals surface area contributed by atoms with Crippen molar-refractivity contribution < 1.29 is 9.90 Å². The Labute approximate surface area is 70.8 Å². The molecule has 4 heteroatoms. The Bertz CT molecular complexity index is 280. The van der Waals surface area contributed by atoms with Crippen LogP contribution in [0.3, 0.4) is 0 Å². The summed E-state index contributed by atoms with van der Waals surface area (Å²) in [5.41, 5.74) is 0.909. The Kier molecular flexibility index (Phi) is 2.47. The lowest BCUT2D eigenvalue weighted by Crippen LogP contribution is -2.10. The first-order valence-corrected chi connectivity index (χ1v) is 3.83. The fourth-order valence-corrected chi connectivity index (χ4v) is 1.02. The zero-order valence-electron chi connectivity index (χ0n) is 7.19. The summed E-state index contributed by atoms with van der Waals surface area (Å²) in [4.78, 5) is 10.3. The second-order valence-electron chi connectivity index (χ2n) is 2.88. The van der Waals surface area contributed by atoms with Crippen molar-refractivity contribution >= 4 is 5.97 Å². The molecule has 0 bridgehead atoms. The molecule has 0 aliphatic carbocycles. The van der Waals surface area contributed by atoms with Crippen LogP contribution in [0.4, 0.5) is 0 Å². The second kappa shape index (κ2) is 3.38. The molecule has 0 saturated heterocycles.